The van der Waals surface area contributed by atoms with Crippen molar-refractivity contribution in [3.05, 3.63) is 108 Å². The van der Waals surface area contributed by atoms with Crippen LogP contribution in [0.5, 0.6) is 0 Å². The third-order valence-corrected chi connectivity index (χ3v) is 9.36. The molecule has 0 saturated heterocycles. The molecule has 0 aliphatic heterocycles. The summed E-state index contributed by atoms with van der Waals surface area (Å²) in [5.41, 5.74) is 9.83. The molecule has 2 heterocycles. The number of aromatic nitrogens is 1. The van der Waals surface area contributed by atoms with Crippen molar-refractivity contribution in [3.63, 3.8) is 0 Å². The van der Waals surface area contributed by atoms with Crippen molar-refractivity contribution in [2.75, 3.05) is 0 Å². The molecule has 7 aromatic rings. The molecular formula is C33H22BNS. The molecule has 5 aromatic carbocycles. The Bertz CT molecular complexity index is 2040. The third-order valence-electron chi connectivity index (χ3n) is 8.13. The van der Waals surface area contributed by atoms with Gasteiger partial charge >= 0.3 is 0 Å². The van der Waals surface area contributed by atoms with E-state index in [0.717, 1.165) is 15.9 Å². The molecule has 168 valence electrons. The summed E-state index contributed by atoms with van der Waals surface area (Å²) in [4.78, 5) is 0. The lowest BCUT2D eigenvalue weighted by Crippen LogP contribution is -2.14. The van der Waals surface area contributed by atoms with Gasteiger partial charge in [0.1, 0.15) is 7.85 Å². The molecule has 3 heteroatoms. The van der Waals surface area contributed by atoms with Gasteiger partial charge in [0.25, 0.3) is 0 Å². The molecule has 0 N–H and O–H groups in total. The fourth-order valence-corrected chi connectivity index (χ4v) is 7.52. The van der Waals surface area contributed by atoms with E-state index in [4.69, 9.17) is 7.85 Å². The number of hydrogen-bond donors (Lipinski definition) is 0. The molecule has 1 nitrogen and oxygen atoms in total. The number of nitrogens with zero attached hydrogens (tertiary/aromatic N) is 1. The predicted octanol–water partition coefficient (Wildman–Crippen LogP) is 8.25. The first kappa shape index (κ1) is 20.4. The van der Waals surface area contributed by atoms with E-state index in [1.807, 2.05) is 0 Å². The lowest BCUT2D eigenvalue weighted by Gasteiger charge is -2.21. The largest absolute Gasteiger partial charge is 0.309 e. The molecule has 0 unspecified atom stereocenters. The highest BCUT2D eigenvalue weighted by Gasteiger charge is 2.36. The summed E-state index contributed by atoms with van der Waals surface area (Å²) in [6, 6.07) is 35.5. The average molecular weight is 475 g/mol. The zero-order valence-electron chi connectivity index (χ0n) is 20.2. The number of para-hydroxylation sites is 1. The maximum Gasteiger partial charge on any atom is 0.115 e. The Hall–Kier alpha value is -3.82. The third kappa shape index (κ3) is 2.51. The number of benzene rings is 5. The zero-order valence-corrected chi connectivity index (χ0v) is 21.0. The fraction of sp³-hybridized carbons (Fsp3) is 0.0909. The van der Waals surface area contributed by atoms with Crippen LogP contribution in [0, 0.1) is 0 Å². The van der Waals surface area contributed by atoms with Crippen molar-refractivity contribution in [1.29, 1.82) is 0 Å². The molecule has 0 atom stereocenters. The molecule has 0 bridgehead atoms. The Balaban J connectivity index is 1.51. The first-order valence-electron chi connectivity index (χ1n) is 12.4. The van der Waals surface area contributed by atoms with Gasteiger partial charge < -0.3 is 4.57 Å². The second-order valence-corrected chi connectivity index (χ2v) is 11.5. The maximum atomic E-state index is 6.70. The molecular weight excluding hydrogens is 453 g/mol. The van der Waals surface area contributed by atoms with Gasteiger partial charge in [-0.3, -0.25) is 0 Å². The molecule has 36 heavy (non-hydrogen) atoms. The normalized spacial score (nSPS) is 14.2. The minimum atomic E-state index is -0.0255. The average Bonchev–Trinajstić information content (AvgIpc) is 3.50. The van der Waals surface area contributed by atoms with Crippen LogP contribution in [-0.2, 0) is 5.41 Å². The first-order valence-corrected chi connectivity index (χ1v) is 13.2. The minimum absolute atomic E-state index is 0.0255. The lowest BCUT2D eigenvalue weighted by molar-refractivity contribution is 0.661. The minimum Gasteiger partial charge on any atom is -0.309 e. The van der Waals surface area contributed by atoms with Gasteiger partial charge in [-0.05, 0) is 58.7 Å². The van der Waals surface area contributed by atoms with Crippen LogP contribution in [0.15, 0.2) is 97.1 Å². The Kier molecular flexibility index (Phi) is 3.91. The van der Waals surface area contributed by atoms with Crippen LogP contribution >= 0.6 is 11.3 Å². The van der Waals surface area contributed by atoms with Crippen LogP contribution in [-0.4, -0.2) is 12.4 Å². The Morgan fingerprint density at radius 1 is 0.639 bits per heavy atom. The number of rotatable bonds is 1. The van der Waals surface area contributed by atoms with Crippen LogP contribution in [0.1, 0.15) is 25.0 Å². The summed E-state index contributed by atoms with van der Waals surface area (Å²) in [5, 5.41) is 5.06. The van der Waals surface area contributed by atoms with E-state index in [1.54, 1.807) is 11.3 Å². The van der Waals surface area contributed by atoms with Crippen LogP contribution in [0.2, 0.25) is 0 Å². The van der Waals surface area contributed by atoms with Crippen molar-refractivity contribution in [2.45, 2.75) is 19.3 Å². The van der Waals surface area contributed by atoms with Gasteiger partial charge in [-0.1, -0.05) is 80.0 Å². The van der Waals surface area contributed by atoms with Crippen LogP contribution in [0.25, 0.3) is 58.8 Å². The smallest absolute Gasteiger partial charge is 0.115 e. The molecule has 1 aliphatic carbocycles. The summed E-state index contributed by atoms with van der Waals surface area (Å²) in [6.45, 7) is 4.69. The molecule has 1 aliphatic rings. The van der Waals surface area contributed by atoms with E-state index in [-0.39, 0.29) is 5.41 Å². The van der Waals surface area contributed by atoms with E-state index in [1.165, 1.54) is 59.5 Å². The summed E-state index contributed by atoms with van der Waals surface area (Å²) in [5.74, 6) is 0. The Labute approximate surface area is 215 Å². The SMILES string of the molecule is [B]c1cc(-n2c3ccccc3c3cc4c(cc32)-c2ccccc2C4(C)C)cc2c1sc1ccccc12. The molecule has 0 spiro atoms. The van der Waals surface area contributed by atoms with Gasteiger partial charge in [0.2, 0.25) is 0 Å². The highest BCUT2D eigenvalue weighted by atomic mass is 32.1. The van der Waals surface area contributed by atoms with Gasteiger partial charge in [0.15, 0.2) is 0 Å². The van der Waals surface area contributed by atoms with Crippen molar-refractivity contribution in [1.82, 2.24) is 4.57 Å². The van der Waals surface area contributed by atoms with E-state index in [9.17, 15) is 0 Å². The molecule has 0 fully saturated rings. The Morgan fingerprint density at radius 2 is 1.39 bits per heavy atom. The van der Waals surface area contributed by atoms with Gasteiger partial charge in [-0.2, -0.15) is 0 Å². The number of hydrogen-bond acceptors (Lipinski definition) is 1. The van der Waals surface area contributed by atoms with Crippen LogP contribution in [0.4, 0.5) is 0 Å². The molecule has 8 rings (SSSR count). The van der Waals surface area contributed by atoms with Crippen LogP contribution in [0.3, 0.4) is 0 Å². The molecule has 0 saturated carbocycles. The highest BCUT2D eigenvalue weighted by Crippen LogP contribution is 2.51. The summed E-state index contributed by atoms with van der Waals surface area (Å²) in [7, 11) is 6.70. The summed E-state index contributed by atoms with van der Waals surface area (Å²) in [6.07, 6.45) is 0. The molecule has 0 amide bonds. The topological polar surface area (TPSA) is 4.93 Å². The summed E-state index contributed by atoms with van der Waals surface area (Å²) < 4.78 is 4.84. The monoisotopic (exact) mass is 475 g/mol. The van der Waals surface area contributed by atoms with E-state index >= 15 is 0 Å². The number of thiophene rings is 1. The fourth-order valence-electron chi connectivity index (χ4n) is 6.41. The van der Waals surface area contributed by atoms with Crippen molar-refractivity contribution >= 4 is 66.6 Å². The second kappa shape index (κ2) is 6.90. The van der Waals surface area contributed by atoms with Gasteiger partial charge in [-0.15, -0.1) is 11.3 Å². The molecule has 2 aromatic heterocycles. The maximum absolute atomic E-state index is 6.70. The van der Waals surface area contributed by atoms with Crippen molar-refractivity contribution in [2.24, 2.45) is 0 Å². The quantitative estimate of drug-likeness (QED) is 0.211. The van der Waals surface area contributed by atoms with Gasteiger partial charge in [0.05, 0.1) is 11.0 Å². The standard InChI is InChI=1S/C33H22BNS/c1-33(2)26-12-6-3-9-20(26)23-18-30-24(17-27(23)33)21-10-4-7-13-29(21)35(30)19-15-25-22-11-5-8-14-31(22)36-32(25)28(34)16-19/h3-18H,1-2H3. The molecule has 2 radical (unpaired) electrons. The first-order chi connectivity index (χ1) is 17.5. The summed E-state index contributed by atoms with van der Waals surface area (Å²) >= 11 is 1.78. The van der Waals surface area contributed by atoms with Crippen molar-refractivity contribution in [3.8, 4) is 16.8 Å². The van der Waals surface area contributed by atoms with Crippen LogP contribution < -0.4 is 5.46 Å². The van der Waals surface area contributed by atoms with Crippen molar-refractivity contribution < 1.29 is 0 Å². The second-order valence-electron chi connectivity index (χ2n) is 10.4. The lowest BCUT2D eigenvalue weighted by atomic mass is 9.82. The zero-order chi connectivity index (χ0) is 24.2. The highest BCUT2D eigenvalue weighted by molar-refractivity contribution is 7.26. The predicted molar refractivity (Wildman–Crippen MR) is 157 cm³/mol. The Morgan fingerprint density at radius 3 is 2.28 bits per heavy atom. The van der Waals surface area contributed by atoms with E-state index in [2.05, 4.69) is 115 Å². The van der Waals surface area contributed by atoms with E-state index < -0.39 is 0 Å². The van der Waals surface area contributed by atoms with Gasteiger partial charge in [-0.25, -0.2) is 0 Å². The van der Waals surface area contributed by atoms with E-state index in [0.29, 0.717) is 0 Å². The number of fused-ring (bicyclic) bond motifs is 9. The van der Waals surface area contributed by atoms with Gasteiger partial charge in [0, 0.05) is 42.0 Å².